The van der Waals surface area contributed by atoms with Gasteiger partial charge in [-0.2, -0.15) is 8.42 Å². The standard InChI is InChI=1S/C61H53N3O7S2/c1-68-51-32-24-47(25-33-51)63(48-26-34-52(69-2)35-27-48)45-20-16-42(17-21-45)55-12-8-14-57-60(55)62(41-40-59(73(65,66)67)44-10-6-5-7-11-44)61-56(13-9-15-58(61)72-57)43-18-22-46(23-19-43)64(49-28-36-53(70-3)37-29-49)50-30-38-54(71-4)39-31-50/h5-39,59H,40-41H2,1-4H3,(H,65,66,67). The number of hydrogen-bond acceptors (Lipinski definition) is 10. The molecule has 9 aromatic carbocycles. The van der Waals surface area contributed by atoms with Crippen molar-refractivity contribution in [1.82, 2.24) is 0 Å². The van der Waals surface area contributed by atoms with Crippen LogP contribution in [0.25, 0.3) is 22.3 Å². The second-order valence-corrected chi connectivity index (χ2v) is 20.0. The molecule has 10 rings (SSSR count). The summed E-state index contributed by atoms with van der Waals surface area (Å²) in [5, 5.41) is -1.16. The molecule has 366 valence electrons. The minimum absolute atomic E-state index is 0.115. The van der Waals surface area contributed by atoms with E-state index in [-0.39, 0.29) is 13.0 Å². The molecule has 0 fully saturated rings. The third kappa shape index (κ3) is 10.2. The van der Waals surface area contributed by atoms with E-state index in [9.17, 15) is 13.0 Å². The third-order valence-electron chi connectivity index (χ3n) is 13.1. The average Bonchev–Trinajstić information content (AvgIpc) is 3.43. The van der Waals surface area contributed by atoms with Gasteiger partial charge in [0.25, 0.3) is 10.1 Å². The monoisotopic (exact) mass is 1000 g/mol. The summed E-state index contributed by atoms with van der Waals surface area (Å²) in [6, 6.07) is 70.5. The summed E-state index contributed by atoms with van der Waals surface area (Å²) in [6.07, 6.45) is 0.115. The molecule has 0 radical (unpaired) electrons. The van der Waals surface area contributed by atoms with E-state index < -0.39 is 15.4 Å². The number of fused-ring (bicyclic) bond motifs is 2. The van der Waals surface area contributed by atoms with Crippen LogP contribution in [-0.2, 0) is 10.1 Å². The van der Waals surface area contributed by atoms with Crippen molar-refractivity contribution in [1.29, 1.82) is 0 Å². The molecule has 1 atom stereocenters. The Hall–Kier alpha value is -8.16. The number of rotatable bonds is 17. The molecule has 10 nitrogen and oxygen atoms in total. The molecule has 0 amide bonds. The molecule has 1 aliphatic rings. The van der Waals surface area contributed by atoms with Crippen LogP contribution in [0.4, 0.5) is 45.5 Å². The number of hydrogen-bond donors (Lipinski definition) is 1. The van der Waals surface area contributed by atoms with Crippen molar-refractivity contribution in [3.05, 3.63) is 218 Å². The van der Waals surface area contributed by atoms with E-state index in [1.807, 2.05) is 103 Å². The molecule has 9 aromatic rings. The van der Waals surface area contributed by atoms with Gasteiger partial charge < -0.3 is 33.6 Å². The maximum atomic E-state index is 13.3. The number of anilines is 8. The quantitative estimate of drug-likeness (QED) is 0.0883. The Morgan fingerprint density at radius 1 is 0.438 bits per heavy atom. The Kier molecular flexibility index (Phi) is 14.1. The summed E-state index contributed by atoms with van der Waals surface area (Å²) in [5.74, 6) is 3.05. The third-order valence-corrected chi connectivity index (χ3v) is 15.4. The molecule has 0 bridgehead atoms. The molecule has 0 aromatic heterocycles. The Balaban J connectivity index is 1.07. The summed E-state index contributed by atoms with van der Waals surface area (Å²) >= 11 is 1.69. The van der Waals surface area contributed by atoms with Gasteiger partial charge in [0, 0.05) is 61.6 Å². The van der Waals surface area contributed by atoms with E-state index >= 15 is 0 Å². The molecule has 1 N–H and O–H groups in total. The second kappa shape index (κ2) is 21.3. The summed E-state index contributed by atoms with van der Waals surface area (Å²) in [4.78, 5) is 8.68. The van der Waals surface area contributed by atoms with Gasteiger partial charge in [0.1, 0.15) is 28.2 Å². The van der Waals surface area contributed by atoms with Crippen molar-refractivity contribution < 1.29 is 31.9 Å². The first-order valence-corrected chi connectivity index (χ1v) is 26.1. The molecule has 1 heterocycles. The molecule has 1 aliphatic heterocycles. The first kappa shape index (κ1) is 48.5. The lowest BCUT2D eigenvalue weighted by Crippen LogP contribution is -2.26. The lowest BCUT2D eigenvalue weighted by Gasteiger charge is -2.37. The first-order chi connectivity index (χ1) is 35.6. The maximum absolute atomic E-state index is 13.3. The zero-order valence-corrected chi connectivity index (χ0v) is 42.4. The Bertz CT molecular complexity index is 3150. The molecule has 12 heteroatoms. The fourth-order valence-electron chi connectivity index (χ4n) is 9.49. The average molecular weight is 1000 g/mol. The Labute approximate surface area is 431 Å². The van der Waals surface area contributed by atoms with E-state index in [0.29, 0.717) is 5.56 Å². The van der Waals surface area contributed by atoms with E-state index in [2.05, 4.69) is 99.6 Å². The molecular formula is C61H53N3O7S2. The van der Waals surface area contributed by atoms with E-state index in [1.54, 1.807) is 64.5 Å². The van der Waals surface area contributed by atoms with Crippen molar-refractivity contribution >= 4 is 67.4 Å². The normalized spacial score (nSPS) is 12.3. The summed E-state index contributed by atoms with van der Waals surface area (Å²) in [7, 11) is 2.14. The zero-order valence-electron chi connectivity index (χ0n) is 40.8. The largest absolute Gasteiger partial charge is 0.497 e. The minimum Gasteiger partial charge on any atom is -0.497 e. The molecular weight excluding hydrogens is 951 g/mol. The Morgan fingerprint density at radius 3 is 1.08 bits per heavy atom. The van der Waals surface area contributed by atoms with Gasteiger partial charge in [-0.25, -0.2) is 0 Å². The number of benzene rings is 9. The van der Waals surface area contributed by atoms with Gasteiger partial charge in [-0.15, -0.1) is 0 Å². The second-order valence-electron chi connectivity index (χ2n) is 17.3. The highest BCUT2D eigenvalue weighted by Crippen LogP contribution is 2.55. The summed E-state index contributed by atoms with van der Waals surface area (Å²) in [5.41, 5.74) is 12.1. The van der Waals surface area contributed by atoms with Crippen LogP contribution in [-0.4, -0.2) is 48.0 Å². The summed E-state index contributed by atoms with van der Waals surface area (Å²) in [6.45, 7) is 0.273. The molecule has 0 aliphatic carbocycles. The molecule has 1 unspecified atom stereocenters. The van der Waals surface area contributed by atoms with Crippen molar-refractivity contribution in [3.63, 3.8) is 0 Å². The fourth-order valence-corrected chi connectivity index (χ4v) is 11.6. The number of ether oxygens (including phenoxy) is 4. The van der Waals surface area contributed by atoms with E-state index in [4.69, 9.17) is 18.9 Å². The van der Waals surface area contributed by atoms with Crippen LogP contribution in [0.5, 0.6) is 23.0 Å². The van der Waals surface area contributed by atoms with E-state index in [1.165, 1.54) is 0 Å². The van der Waals surface area contributed by atoms with Crippen LogP contribution < -0.4 is 33.6 Å². The highest BCUT2D eigenvalue weighted by molar-refractivity contribution is 7.99. The first-order valence-electron chi connectivity index (χ1n) is 23.7. The topological polar surface area (TPSA) is 101 Å². The predicted molar refractivity (Wildman–Crippen MR) is 296 cm³/mol. The van der Waals surface area contributed by atoms with Gasteiger partial charge in [-0.3, -0.25) is 4.55 Å². The highest BCUT2D eigenvalue weighted by atomic mass is 32.2. The lowest BCUT2D eigenvalue weighted by atomic mass is 9.97. The molecule has 73 heavy (non-hydrogen) atoms. The van der Waals surface area contributed by atoms with Gasteiger partial charge >= 0.3 is 0 Å². The van der Waals surface area contributed by atoms with Crippen molar-refractivity contribution in [2.75, 3.05) is 49.7 Å². The van der Waals surface area contributed by atoms with Crippen molar-refractivity contribution in [3.8, 4) is 45.3 Å². The predicted octanol–water partition coefficient (Wildman–Crippen LogP) is 15.6. The van der Waals surface area contributed by atoms with E-state index in [0.717, 1.165) is 101 Å². The summed E-state index contributed by atoms with van der Waals surface area (Å²) < 4.78 is 59.4. The van der Waals surface area contributed by atoms with Gasteiger partial charge in [0.15, 0.2) is 0 Å². The fraction of sp³-hybridized carbons (Fsp3) is 0.115. The highest BCUT2D eigenvalue weighted by Gasteiger charge is 2.32. The molecule has 0 saturated heterocycles. The van der Waals surface area contributed by atoms with Gasteiger partial charge in [-0.1, -0.05) is 90.6 Å². The van der Waals surface area contributed by atoms with Crippen molar-refractivity contribution in [2.24, 2.45) is 0 Å². The van der Waals surface area contributed by atoms with Crippen LogP contribution in [0.15, 0.2) is 222 Å². The number of nitrogens with zero attached hydrogens (tertiary/aromatic N) is 3. The molecule has 0 spiro atoms. The molecule has 0 saturated carbocycles. The van der Waals surface area contributed by atoms with Crippen LogP contribution >= 0.6 is 11.8 Å². The van der Waals surface area contributed by atoms with Gasteiger partial charge in [0.05, 0.1) is 39.8 Å². The van der Waals surface area contributed by atoms with Gasteiger partial charge in [0.2, 0.25) is 0 Å². The Morgan fingerprint density at radius 2 is 0.767 bits per heavy atom. The number of para-hydroxylation sites is 2. The minimum atomic E-state index is -4.50. The zero-order chi connectivity index (χ0) is 50.5. The van der Waals surface area contributed by atoms with Crippen LogP contribution in [0.3, 0.4) is 0 Å². The van der Waals surface area contributed by atoms with Crippen LogP contribution in [0, 0.1) is 0 Å². The lowest BCUT2D eigenvalue weighted by molar-refractivity contribution is 0.414. The van der Waals surface area contributed by atoms with Crippen LogP contribution in [0.1, 0.15) is 17.2 Å². The number of methoxy groups -OCH3 is 4. The smallest absolute Gasteiger partial charge is 0.272 e. The maximum Gasteiger partial charge on any atom is 0.272 e. The SMILES string of the molecule is COc1ccc(N(c2ccc(OC)cc2)c2ccc(-c3cccc4c3N(CCC(c3ccccc3)S(=O)(=O)O)c3c(cccc3-c3ccc(N(c5ccc(OC)cc5)c5ccc(OC)cc5)cc3)S4)cc2)cc1. The van der Waals surface area contributed by atoms with Gasteiger partial charge in [-0.05, 0) is 157 Å². The van der Waals surface area contributed by atoms with Crippen molar-refractivity contribution in [2.45, 2.75) is 21.5 Å². The van der Waals surface area contributed by atoms with Crippen LogP contribution in [0.2, 0.25) is 0 Å².